The van der Waals surface area contributed by atoms with Crippen LogP contribution >= 0.6 is 11.6 Å². The van der Waals surface area contributed by atoms with E-state index in [1.165, 1.54) is 30.3 Å². The van der Waals surface area contributed by atoms with Crippen molar-refractivity contribution in [3.8, 4) is 0 Å². The highest BCUT2D eigenvalue weighted by Gasteiger charge is 2.15. The van der Waals surface area contributed by atoms with Crippen LogP contribution in [0.2, 0.25) is 5.02 Å². The second-order valence-electron chi connectivity index (χ2n) is 4.36. The Hall–Kier alpha value is -1.98. The molecule has 0 aromatic heterocycles. The summed E-state index contributed by atoms with van der Waals surface area (Å²) in [5, 5.41) is 11.5. The zero-order chi connectivity index (χ0) is 15.4. The average molecular weight is 312 g/mol. The summed E-state index contributed by atoms with van der Waals surface area (Å²) in [6.45, 7) is -0.371. The third-order valence-electron chi connectivity index (χ3n) is 2.92. The number of hydrogen-bond acceptors (Lipinski definition) is 2. The minimum absolute atomic E-state index is 0.0163. The minimum Gasteiger partial charge on any atom is -0.392 e. The number of hydrogen-bond donors (Lipinski definition) is 2. The van der Waals surface area contributed by atoms with Gasteiger partial charge in [0.1, 0.15) is 11.6 Å². The topological polar surface area (TPSA) is 49.3 Å². The first-order chi connectivity index (χ1) is 10.0. The van der Waals surface area contributed by atoms with Crippen LogP contribution in [-0.2, 0) is 13.2 Å². The molecular weight excluding hydrogens is 300 g/mol. The Balaban J connectivity index is 2.11. The number of aliphatic hydroxyl groups is 1. The number of carbonyl (C=O) groups excluding carboxylic acids is 1. The molecule has 2 aromatic rings. The van der Waals surface area contributed by atoms with Crippen LogP contribution in [0.3, 0.4) is 0 Å². The molecule has 0 radical (unpaired) electrons. The number of benzene rings is 2. The average Bonchev–Trinajstić information content (AvgIpc) is 2.46. The summed E-state index contributed by atoms with van der Waals surface area (Å²) in [4.78, 5) is 11.9. The molecule has 21 heavy (non-hydrogen) atoms. The molecule has 110 valence electrons. The molecule has 0 unspecified atom stereocenters. The molecule has 2 aromatic carbocycles. The molecule has 0 saturated heterocycles. The van der Waals surface area contributed by atoms with Gasteiger partial charge in [0.05, 0.1) is 17.2 Å². The second kappa shape index (κ2) is 6.65. The fourth-order valence-corrected chi connectivity index (χ4v) is 2.09. The van der Waals surface area contributed by atoms with Crippen LogP contribution in [0, 0.1) is 11.6 Å². The van der Waals surface area contributed by atoms with Gasteiger partial charge >= 0.3 is 0 Å². The molecule has 3 nitrogen and oxygen atoms in total. The molecule has 0 aliphatic carbocycles. The Labute approximate surface area is 125 Å². The van der Waals surface area contributed by atoms with Crippen LogP contribution in [0.15, 0.2) is 36.4 Å². The first-order valence-corrected chi connectivity index (χ1v) is 6.51. The van der Waals surface area contributed by atoms with E-state index in [0.717, 1.165) is 6.07 Å². The number of amides is 1. The van der Waals surface area contributed by atoms with Gasteiger partial charge in [-0.25, -0.2) is 8.78 Å². The van der Waals surface area contributed by atoms with Crippen LogP contribution in [0.25, 0.3) is 0 Å². The Bertz CT molecular complexity index is 656. The first kappa shape index (κ1) is 15.4. The van der Waals surface area contributed by atoms with Crippen molar-refractivity contribution in [2.75, 3.05) is 0 Å². The second-order valence-corrected chi connectivity index (χ2v) is 4.77. The minimum atomic E-state index is -0.713. The lowest BCUT2D eigenvalue weighted by molar-refractivity contribution is 0.0947. The van der Waals surface area contributed by atoms with Gasteiger partial charge in [0, 0.05) is 12.1 Å². The summed E-state index contributed by atoms with van der Waals surface area (Å²) in [5.41, 5.74) is 0.482. The summed E-state index contributed by atoms with van der Waals surface area (Å²) >= 11 is 5.79. The summed E-state index contributed by atoms with van der Waals surface area (Å²) in [6.07, 6.45) is 0. The predicted octanol–water partition coefficient (Wildman–Crippen LogP) is 3.04. The number of aliphatic hydroxyl groups excluding tert-OH is 1. The molecule has 2 N–H and O–H groups in total. The van der Waals surface area contributed by atoms with Gasteiger partial charge in [-0.3, -0.25) is 4.79 Å². The van der Waals surface area contributed by atoms with E-state index in [4.69, 9.17) is 16.7 Å². The van der Waals surface area contributed by atoms with E-state index in [9.17, 15) is 13.6 Å². The fraction of sp³-hybridized carbons (Fsp3) is 0.133. The Kier molecular flexibility index (Phi) is 4.88. The maximum absolute atomic E-state index is 13.6. The van der Waals surface area contributed by atoms with Crippen molar-refractivity contribution in [1.29, 1.82) is 0 Å². The molecule has 0 saturated carbocycles. The van der Waals surface area contributed by atoms with Gasteiger partial charge in [-0.2, -0.15) is 0 Å². The number of halogens is 3. The lowest BCUT2D eigenvalue weighted by Gasteiger charge is -2.09. The van der Waals surface area contributed by atoms with Crippen molar-refractivity contribution < 1.29 is 18.7 Å². The zero-order valence-electron chi connectivity index (χ0n) is 10.9. The van der Waals surface area contributed by atoms with Gasteiger partial charge in [0.15, 0.2) is 0 Å². The van der Waals surface area contributed by atoms with Gasteiger partial charge in [-0.1, -0.05) is 23.7 Å². The Morgan fingerprint density at radius 2 is 1.95 bits per heavy atom. The molecule has 0 atom stereocenters. The van der Waals surface area contributed by atoms with Crippen molar-refractivity contribution in [3.05, 3.63) is 69.7 Å². The molecule has 0 aliphatic rings. The van der Waals surface area contributed by atoms with Crippen LogP contribution in [0.5, 0.6) is 0 Å². The molecule has 0 aliphatic heterocycles. The lowest BCUT2D eigenvalue weighted by atomic mass is 10.1. The van der Waals surface area contributed by atoms with Crippen molar-refractivity contribution in [3.63, 3.8) is 0 Å². The molecule has 0 bridgehead atoms. The van der Waals surface area contributed by atoms with E-state index < -0.39 is 24.1 Å². The number of nitrogens with one attached hydrogen (secondary N) is 1. The van der Waals surface area contributed by atoms with Crippen LogP contribution < -0.4 is 5.32 Å². The normalized spacial score (nSPS) is 10.5. The number of carbonyl (C=O) groups is 1. The summed E-state index contributed by atoms with van der Waals surface area (Å²) in [6, 6.07) is 8.06. The molecular formula is C15H12ClF2NO2. The maximum Gasteiger partial charge on any atom is 0.256 e. The van der Waals surface area contributed by atoms with Gasteiger partial charge in [-0.05, 0) is 29.8 Å². The smallest absolute Gasteiger partial charge is 0.256 e. The van der Waals surface area contributed by atoms with Crippen LogP contribution in [0.1, 0.15) is 21.5 Å². The molecule has 1 amide bonds. The molecule has 2 rings (SSSR count). The summed E-state index contributed by atoms with van der Waals surface area (Å²) in [7, 11) is 0. The van der Waals surface area contributed by atoms with Crippen LogP contribution in [-0.4, -0.2) is 11.0 Å². The Morgan fingerprint density at radius 3 is 2.62 bits per heavy atom. The monoisotopic (exact) mass is 311 g/mol. The highest BCUT2D eigenvalue weighted by atomic mass is 35.5. The summed E-state index contributed by atoms with van der Waals surface area (Å²) in [5.74, 6) is -1.90. The standard InChI is InChI=1S/C15H12ClF2NO2/c16-11-2-1-3-13(18)14(11)15(21)19-7-9-4-5-12(17)10(6-9)8-20/h1-6,20H,7-8H2,(H,19,21). The molecule has 0 fully saturated rings. The van der Waals surface area contributed by atoms with Crippen molar-refractivity contribution in [1.82, 2.24) is 5.32 Å². The number of rotatable bonds is 4. The van der Waals surface area contributed by atoms with E-state index >= 15 is 0 Å². The van der Waals surface area contributed by atoms with Crippen molar-refractivity contribution in [2.45, 2.75) is 13.2 Å². The van der Waals surface area contributed by atoms with E-state index in [1.807, 2.05) is 0 Å². The lowest BCUT2D eigenvalue weighted by Crippen LogP contribution is -2.24. The van der Waals surface area contributed by atoms with E-state index in [1.54, 1.807) is 0 Å². The van der Waals surface area contributed by atoms with E-state index in [2.05, 4.69) is 5.32 Å². The predicted molar refractivity (Wildman–Crippen MR) is 74.9 cm³/mol. The zero-order valence-corrected chi connectivity index (χ0v) is 11.6. The van der Waals surface area contributed by atoms with E-state index in [0.29, 0.717) is 5.56 Å². The van der Waals surface area contributed by atoms with Crippen molar-refractivity contribution >= 4 is 17.5 Å². The highest BCUT2D eigenvalue weighted by Crippen LogP contribution is 2.19. The molecule has 6 heteroatoms. The summed E-state index contributed by atoms with van der Waals surface area (Å²) < 4.78 is 26.8. The van der Waals surface area contributed by atoms with Gasteiger partial charge < -0.3 is 10.4 Å². The molecule has 0 heterocycles. The largest absolute Gasteiger partial charge is 0.392 e. The fourth-order valence-electron chi connectivity index (χ4n) is 1.84. The van der Waals surface area contributed by atoms with Gasteiger partial charge in [-0.15, -0.1) is 0 Å². The maximum atomic E-state index is 13.6. The quantitative estimate of drug-likeness (QED) is 0.912. The van der Waals surface area contributed by atoms with Crippen molar-refractivity contribution in [2.24, 2.45) is 0 Å². The van der Waals surface area contributed by atoms with E-state index in [-0.39, 0.29) is 22.7 Å². The third-order valence-corrected chi connectivity index (χ3v) is 3.24. The van der Waals surface area contributed by atoms with Crippen LogP contribution in [0.4, 0.5) is 8.78 Å². The third kappa shape index (κ3) is 3.56. The van der Waals surface area contributed by atoms with Gasteiger partial charge in [0.25, 0.3) is 5.91 Å². The highest BCUT2D eigenvalue weighted by molar-refractivity contribution is 6.33. The first-order valence-electron chi connectivity index (χ1n) is 6.13. The van der Waals surface area contributed by atoms with Gasteiger partial charge in [0.2, 0.25) is 0 Å². The molecule has 0 spiro atoms. The SMILES string of the molecule is O=C(NCc1ccc(F)c(CO)c1)c1c(F)cccc1Cl. The Morgan fingerprint density at radius 1 is 1.19 bits per heavy atom.